The quantitative estimate of drug-likeness (QED) is 0.764. The number of pyridine rings is 1. The van der Waals surface area contributed by atoms with E-state index in [1.165, 1.54) is 21.1 Å². The normalized spacial score (nSPS) is 19.0. The highest BCUT2D eigenvalue weighted by atomic mass is 32.2. The molecule has 0 atom stereocenters. The van der Waals surface area contributed by atoms with Gasteiger partial charge in [0.25, 0.3) is 11.5 Å². The van der Waals surface area contributed by atoms with E-state index in [1.54, 1.807) is 11.9 Å². The predicted molar refractivity (Wildman–Crippen MR) is 105 cm³/mol. The molecule has 1 aromatic heterocycles. The van der Waals surface area contributed by atoms with E-state index in [0.29, 0.717) is 31.5 Å². The van der Waals surface area contributed by atoms with Crippen molar-refractivity contribution in [3.8, 4) is 0 Å². The van der Waals surface area contributed by atoms with Crippen molar-refractivity contribution in [2.45, 2.75) is 25.7 Å². The fourth-order valence-electron chi connectivity index (χ4n) is 3.71. The van der Waals surface area contributed by atoms with Crippen molar-refractivity contribution in [1.82, 2.24) is 13.8 Å². The Hall–Kier alpha value is -2.20. The van der Waals surface area contributed by atoms with Gasteiger partial charge in [-0.1, -0.05) is 0 Å². The average Bonchev–Trinajstić information content (AvgIpc) is 3.18. The molecule has 2 aliphatic rings. The van der Waals surface area contributed by atoms with Crippen LogP contribution < -0.4 is 10.9 Å². The molecule has 0 spiro atoms. The summed E-state index contributed by atoms with van der Waals surface area (Å²) >= 11 is 0. The van der Waals surface area contributed by atoms with E-state index in [0.717, 1.165) is 19.1 Å². The molecule has 2 saturated heterocycles. The van der Waals surface area contributed by atoms with Crippen LogP contribution in [0.1, 0.15) is 36.0 Å². The molecular formula is C18H26N4O5S. The zero-order valence-electron chi connectivity index (χ0n) is 16.2. The molecule has 3 rings (SSSR count). The van der Waals surface area contributed by atoms with E-state index in [-0.39, 0.29) is 42.1 Å². The molecule has 0 radical (unpaired) electrons. The Morgan fingerprint density at radius 2 is 1.71 bits per heavy atom. The third-order valence-electron chi connectivity index (χ3n) is 5.38. The van der Waals surface area contributed by atoms with Crippen molar-refractivity contribution in [2.75, 3.05) is 37.8 Å². The van der Waals surface area contributed by atoms with Gasteiger partial charge in [-0.3, -0.25) is 14.4 Å². The number of piperidine rings is 1. The third-order valence-corrected chi connectivity index (χ3v) is 6.68. The fourth-order valence-corrected chi connectivity index (χ4v) is 4.58. The lowest BCUT2D eigenvalue weighted by molar-refractivity contribution is -0.120. The van der Waals surface area contributed by atoms with Crippen LogP contribution in [-0.2, 0) is 21.9 Å². The molecule has 0 saturated carbocycles. The maximum atomic E-state index is 12.6. The molecule has 154 valence electrons. The van der Waals surface area contributed by atoms with Crippen molar-refractivity contribution in [3.63, 3.8) is 0 Å². The largest absolute Gasteiger partial charge is 0.339 e. The third kappa shape index (κ3) is 4.44. The molecule has 0 aromatic carbocycles. The summed E-state index contributed by atoms with van der Waals surface area (Å²) in [6, 6.07) is 1.44. The van der Waals surface area contributed by atoms with Crippen LogP contribution in [0.4, 0.5) is 5.69 Å². The molecule has 0 unspecified atom stereocenters. The molecule has 0 aliphatic carbocycles. The molecule has 2 fully saturated rings. The summed E-state index contributed by atoms with van der Waals surface area (Å²) in [4.78, 5) is 39.4. The highest BCUT2D eigenvalue weighted by molar-refractivity contribution is 7.88. The summed E-state index contributed by atoms with van der Waals surface area (Å²) in [6.45, 7) is 1.95. The molecule has 10 heteroatoms. The molecule has 1 aromatic rings. The lowest BCUT2D eigenvalue weighted by Gasteiger charge is -2.29. The SMILES string of the molecule is Cn1cc(C(=O)N2CCCC2)cc(NC(=O)C2CCN(S(C)(=O)=O)CC2)c1=O. The second-order valence-electron chi connectivity index (χ2n) is 7.48. The van der Waals surface area contributed by atoms with Gasteiger partial charge in [-0.05, 0) is 31.7 Å². The van der Waals surface area contributed by atoms with Crippen LogP contribution in [0.2, 0.25) is 0 Å². The Balaban J connectivity index is 1.72. The van der Waals surface area contributed by atoms with Crippen LogP contribution in [0, 0.1) is 5.92 Å². The number of rotatable bonds is 4. The maximum Gasteiger partial charge on any atom is 0.274 e. The first-order valence-electron chi connectivity index (χ1n) is 9.43. The van der Waals surface area contributed by atoms with Crippen LogP contribution in [-0.4, -0.2) is 66.4 Å². The number of hydrogen-bond acceptors (Lipinski definition) is 5. The summed E-state index contributed by atoms with van der Waals surface area (Å²) in [6.07, 6.45) is 5.36. The highest BCUT2D eigenvalue weighted by Crippen LogP contribution is 2.21. The molecule has 2 aliphatic heterocycles. The molecule has 0 bridgehead atoms. The number of anilines is 1. The monoisotopic (exact) mass is 410 g/mol. The van der Waals surface area contributed by atoms with Crippen LogP contribution in [0.25, 0.3) is 0 Å². The van der Waals surface area contributed by atoms with E-state index in [2.05, 4.69) is 5.32 Å². The highest BCUT2D eigenvalue weighted by Gasteiger charge is 2.29. The molecule has 3 heterocycles. The zero-order valence-corrected chi connectivity index (χ0v) is 17.0. The molecule has 9 nitrogen and oxygen atoms in total. The van der Waals surface area contributed by atoms with Crippen LogP contribution in [0.15, 0.2) is 17.1 Å². The average molecular weight is 410 g/mol. The van der Waals surface area contributed by atoms with Gasteiger partial charge in [-0.2, -0.15) is 0 Å². The van der Waals surface area contributed by atoms with E-state index < -0.39 is 10.0 Å². The van der Waals surface area contributed by atoms with Crippen molar-refractivity contribution in [1.29, 1.82) is 0 Å². The van der Waals surface area contributed by atoms with E-state index in [9.17, 15) is 22.8 Å². The number of nitrogens with one attached hydrogen (secondary N) is 1. The number of aromatic nitrogens is 1. The van der Waals surface area contributed by atoms with Gasteiger partial charge < -0.3 is 14.8 Å². The predicted octanol–water partition coefficient (Wildman–Crippen LogP) is 0.231. The summed E-state index contributed by atoms with van der Waals surface area (Å²) in [5.41, 5.74) is 0.0502. The van der Waals surface area contributed by atoms with E-state index in [1.807, 2.05) is 0 Å². The Kier molecular flexibility index (Phi) is 5.90. The topological polar surface area (TPSA) is 109 Å². The van der Waals surface area contributed by atoms with Gasteiger partial charge in [0.15, 0.2) is 0 Å². The maximum absolute atomic E-state index is 12.6. The molecular weight excluding hydrogens is 384 g/mol. The van der Waals surface area contributed by atoms with Gasteiger partial charge in [0.1, 0.15) is 5.69 Å². The van der Waals surface area contributed by atoms with Crippen molar-refractivity contribution in [3.05, 3.63) is 28.2 Å². The lowest BCUT2D eigenvalue weighted by atomic mass is 9.97. The van der Waals surface area contributed by atoms with Crippen LogP contribution in [0.5, 0.6) is 0 Å². The summed E-state index contributed by atoms with van der Waals surface area (Å²) in [5, 5.41) is 2.65. The number of amides is 2. The first-order valence-corrected chi connectivity index (χ1v) is 11.3. The standard InChI is InChI=1S/C18H26N4O5S/c1-20-12-14(17(24)21-7-3-4-8-21)11-15(18(20)25)19-16(23)13-5-9-22(10-6-13)28(2,26)27/h11-13H,3-10H2,1-2H3,(H,19,23). The second-order valence-corrected chi connectivity index (χ2v) is 9.47. The van der Waals surface area contributed by atoms with Gasteiger partial charge in [-0.25, -0.2) is 12.7 Å². The minimum atomic E-state index is -3.26. The van der Waals surface area contributed by atoms with Gasteiger partial charge in [0.05, 0.1) is 11.8 Å². The van der Waals surface area contributed by atoms with Crippen molar-refractivity contribution >= 4 is 27.5 Å². The Morgan fingerprint density at radius 1 is 1.11 bits per heavy atom. The first kappa shape index (κ1) is 20.5. The number of aryl methyl sites for hydroxylation is 1. The first-order chi connectivity index (χ1) is 13.2. The Labute approximate surface area is 164 Å². The summed E-state index contributed by atoms with van der Waals surface area (Å²) in [7, 11) is -1.72. The number of sulfonamides is 1. The number of hydrogen-bond donors (Lipinski definition) is 1. The van der Waals surface area contributed by atoms with Gasteiger partial charge >= 0.3 is 0 Å². The lowest BCUT2D eigenvalue weighted by Crippen LogP contribution is -2.41. The minimum absolute atomic E-state index is 0.0723. The summed E-state index contributed by atoms with van der Waals surface area (Å²) in [5.74, 6) is -0.846. The van der Waals surface area contributed by atoms with E-state index >= 15 is 0 Å². The smallest absolute Gasteiger partial charge is 0.274 e. The zero-order chi connectivity index (χ0) is 20.5. The second kappa shape index (κ2) is 8.04. The van der Waals surface area contributed by atoms with Crippen molar-refractivity contribution < 1.29 is 18.0 Å². The minimum Gasteiger partial charge on any atom is -0.339 e. The molecule has 2 amide bonds. The number of likely N-dealkylation sites (tertiary alicyclic amines) is 1. The van der Waals surface area contributed by atoms with Gasteiger partial charge in [-0.15, -0.1) is 0 Å². The fraction of sp³-hybridized carbons (Fsp3) is 0.611. The van der Waals surface area contributed by atoms with E-state index in [4.69, 9.17) is 0 Å². The number of carbonyl (C=O) groups excluding carboxylic acids is 2. The molecule has 28 heavy (non-hydrogen) atoms. The Bertz CT molecular complexity index is 926. The number of carbonyl (C=O) groups is 2. The molecule has 1 N–H and O–H groups in total. The van der Waals surface area contributed by atoms with Gasteiger partial charge in [0, 0.05) is 45.3 Å². The van der Waals surface area contributed by atoms with Gasteiger partial charge in [0.2, 0.25) is 15.9 Å². The Morgan fingerprint density at radius 3 is 2.29 bits per heavy atom. The van der Waals surface area contributed by atoms with Crippen molar-refractivity contribution in [2.24, 2.45) is 13.0 Å². The van der Waals surface area contributed by atoms with Crippen LogP contribution >= 0.6 is 0 Å². The van der Waals surface area contributed by atoms with Crippen LogP contribution in [0.3, 0.4) is 0 Å². The summed E-state index contributed by atoms with van der Waals surface area (Å²) < 4.78 is 25.8. The number of nitrogens with zero attached hydrogens (tertiary/aromatic N) is 3.